The van der Waals surface area contributed by atoms with Gasteiger partial charge in [0.05, 0.1) is 0 Å². The Morgan fingerprint density at radius 1 is 1.43 bits per heavy atom. The van der Waals surface area contributed by atoms with Crippen molar-refractivity contribution in [1.82, 2.24) is 9.88 Å². The molecular formula is C14H19N2O4P. The van der Waals surface area contributed by atoms with Gasteiger partial charge in [0, 0.05) is 35.8 Å². The normalized spacial score (nSPS) is 15.8. The zero-order valence-corrected chi connectivity index (χ0v) is 12.7. The van der Waals surface area contributed by atoms with E-state index in [-0.39, 0.29) is 5.75 Å². The van der Waals surface area contributed by atoms with Gasteiger partial charge in [-0.3, -0.25) is 9.79 Å². The maximum atomic E-state index is 10.8. The predicted octanol–water partition coefficient (Wildman–Crippen LogP) is 2.28. The molecule has 3 N–H and O–H groups in total. The second-order valence-corrected chi connectivity index (χ2v) is 6.73. The van der Waals surface area contributed by atoms with Crippen LogP contribution in [0.3, 0.4) is 0 Å². The van der Waals surface area contributed by atoms with E-state index in [4.69, 9.17) is 9.79 Å². The van der Waals surface area contributed by atoms with Crippen LogP contribution in [0, 0.1) is 0 Å². The lowest BCUT2D eigenvalue weighted by Gasteiger charge is -2.14. The van der Waals surface area contributed by atoms with Crippen molar-refractivity contribution in [3.63, 3.8) is 0 Å². The molecule has 1 heterocycles. The van der Waals surface area contributed by atoms with Crippen LogP contribution in [0.2, 0.25) is 0 Å². The lowest BCUT2D eigenvalue weighted by Crippen LogP contribution is -2.23. The van der Waals surface area contributed by atoms with E-state index in [1.165, 1.54) is 18.4 Å². The maximum Gasteiger partial charge on any atom is 0.524 e. The minimum Gasteiger partial charge on any atom is -0.404 e. The fraction of sp³-hybridized carbons (Fsp3) is 0.429. The Bertz CT molecular complexity index is 689. The van der Waals surface area contributed by atoms with E-state index in [9.17, 15) is 4.57 Å². The smallest absolute Gasteiger partial charge is 0.404 e. The number of nitrogens with one attached hydrogen (secondary N) is 1. The van der Waals surface area contributed by atoms with E-state index < -0.39 is 7.82 Å². The summed E-state index contributed by atoms with van der Waals surface area (Å²) in [4.78, 5) is 23.2. The molecular weight excluding hydrogens is 291 g/mol. The zero-order valence-electron chi connectivity index (χ0n) is 11.8. The molecule has 0 radical (unpaired) electrons. The number of phosphoric acid groups is 1. The first-order valence-electron chi connectivity index (χ1n) is 6.98. The molecule has 6 nitrogen and oxygen atoms in total. The van der Waals surface area contributed by atoms with Gasteiger partial charge in [-0.25, -0.2) is 4.57 Å². The van der Waals surface area contributed by atoms with Crippen molar-refractivity contribution >= 4 is 18.7 Å². The molecule has 1 aromatic heterocycles. The lowest BCUT2D eigenvalue weighted by molar-refractivity contribution is 0.283. The van der Waals surface area contributed by atoms with Gasteiger partial charge < -0.3 is 14.4 Å². The SMILES string of the molecule is CN(CCc1c[nH]c2cc(OP(=O)(O)O)ccc12)C1CC1. The first-order chi connectivity index (χ1) is 9.92. The van der Waals surface area contributed by atoms with Gasteiger partial charge in [0.15, 0.2) is 0 Å². The number of H-pyrrole nitrogens is 1. The Hall–Kier alpha value is -1.33. The molecule has 1 aromatic carbocycles. The number of aromatic amines is 1. The fourth-order valence-electron chi connectivity index (χ4n) is 2.56. The number of rotatable bonds is 6. The monoisotopic (exact) mass is 310 g/mol. The topological polar surface area (TPSA) is 85.8 Å². The average Bonchev–Trinajstić information content (AvgIpc) is 3.16. The molecule has 0 unspecified atom stereocenters. The van der Waals surface area contributed by atoms with Crippen molar-refractivity contribution in [3.8, 4) is 5.75 Å². The summed E-state index contributed by atoms with van der Waals surface area (Å²) in [5.41, 5.74) is 2.03. The van der Waals surface area contributed by atoms with Crippen LogP contribution >= 0.6 is 7.82 Å². The number of hydrogen-bond donors (Lipinski definition) is 3. The summed E-state index contributed by atoms with van der Waals surface area (Å²) in [5.74, 6) is 0.166. The quantitative estimate of drug-likeness (QED) is 0.713. The third kappa shape index (κ3) is 3.66. The van der Waals surface area contributed by atoms with Gasteiger partial charge in [-0.15, -0.1) is 0 Å². The van der Waals surface area contributed by atoms with Crippen LogP contribution in [0.5, 0.6) is 5.75 Å². The fourth-order valence-corrected chi connectivity index (χ4v) is 2.95. The summed E-state index contributed by atoms with van der Waals surface area (Å²) in [6.45, 7) is 1.01. The Kier molecular flexibility index (Phi) is 3.80. The summed E-state index contributed by atoms with van der Waals surface area (Å²) in [6.07, 6.45) is 5.50. The van der Waals surface area contributed by atoms with Gasteiger partial charge in [0.2, 0.25) is 0 Å². The molecule has 0 amide bonds. The first-order valence-corrected chi connectivity index (χ1v) is 8.51. The van der Waals surface area contributed by atoms with Crippen molar-refractivity contribution in [3.05, 3.63) is 30.0 Å². The first kappa shape index (κ1) is 14.6. The van der Waals surface area contributed by atoms with Crippen molar-refractivity contribution in [2.45, 2.75) is 25.3 Å². The van der Waals surface area contributed by atoms with Crippen LogP contribution in [0.15, 0.2) is 24.4 Å². The van der Waals surface area contributed by atoms with Gasteiger partial charge >= 0.3 is 7.82 Å². The highest BCUT2D eigenvalue weighted by molar-refractivity contribution is 7.46. The maximum absolute atomic E-state index is 10.8. The molecule has 1 fully saturated rings. The largest absolute Gasteiger partial charge is 0.524 e. The summed E-state index contributed by atoms with van der Waals surface area (Å²) in [5, 5.41) is 1.07. The highest BCUT2D eigenvalue weighted by atomic mass is 31.2. The van der Waals surface area contributed by atoms with Crippen LogP contribution in [-0.2, 0) is 11.0 Å². The van der Waals surface area contributed by atoms with E-state index in [2.05, 4.69) is 21.5 Å². The molecule has 7 heteroatoms. The van der Waals surface area contributed by atoms with Crippen molar-refractivity contribution in [1.29, 1.82) is 0 Å². The number of fused-ring (bicyclic) bond motifs is 1. The second kappa shape index (κ2) is 5.46. The average molecular weight is 310 g/mol. The summed E-state index contributed by atoms with van der Waals surface area (Å²) >= 11 is 0. The molecule has 0 spiro atoms. The van der Waals surface area contributed by atoms with E-state index in [1.54, 1.807) is 12.1 Å². The highest BCUT2D eigenvalue weighted by Crippen LogP contribution is 2.38. The number of likely N-dealkylation sites (N-methyl/N-ethyl adjacent to an activating group) is 1. The summed E-state index contributed by atoms with van der Waals surface area (Å²) in [7, 11) is -2.36. The van der Waals surface area contributed by atoms with Crippen molar-refractivity contribution < 1.29 is 18.9 Å². The molecule has 2 aromatic rings. The van der Waals surface area contributed by atoms with Crippen LogP contribution in [0.4, 0.5) is 0 Å². The third-order valence-electron chi connectivity index (χ3n) is 3.87. The summed E-state index contributed by atoms with van der Waals surface area (Å²) in [6, 6.07) is 5.79. The third-order valence-corrected chi connectivity index (χ3v) is 4.32. The van der Waals surface area contributed by atoms with Crippen LogP contribution < -0.4 is 4.52 Å². The van der Waals surface area contributed by atoms with E-state index in [0.29, 0.717) is 0 Å². The van der Waals surface area contributed by atoms with Gasteiger partial charge in [-0.2, -0.15) is 0 Å². The van der Waals surface area contributed by atoms with E-state index >= 15 is 0 Å². The van der Waals surface area contributed by atoms with Crippen molar-refractivity contribution in [2.24, 2.45) is 0 Å². The Labute approximate surface area is 123 Å². The minimum absolute atomic E-state index is 0.166. The molecule has 0 aliphatic heterocycles. The molecule has 3 rings (SSSR count). The molecule has 0 bridgehead atoms. The molecule has 1 saturated carbocycles. The number of hydrogen-bond acceptors (Lipinski definition) is 3. The van der Waals surface area contributed by atoms with Crippen LogP contribution in [-0.4, -0.2) is 39.3 Å². The Morgan fingerprint density at radius 3 is 2.86 bits per heavy atom. The molecule has 1 aliphatic rings. The van der Waals surface area contributed by atoms with Gasteiger partial charge in [-0.05, 0) is 44.0 Å². The Balaban J connectivity index is 1.74. The highest BCUT2D eigenvalue weighted by Gasteiger charge is 2.25. The van der Waals surface area contributed by atoms with Gasteiger partial charge in [0.25, 0.3) is 0 Å². The predicted molar refractivity (Wildman–Crippen MR) is 80.3 cm³/mol. The standard InChI is InChI=1S/C14H19N2O4P/c1-16(11-2-3-11)7-6-10-9-15-14-8-12(4-5-13(10)14)20-21(17,18)19/h4-5,8-9,11,15H,2-3,6-7H2,1H3,(H2,17,18,19). The zero-order chi connectivity index (χ0) is 15.0. The van der Waals surface area contributed by atoms with Gasteiger partial charge in [0.1, 0.15) is 5.75 Å². The summed E-state index contributed by atoms with van der Waals surface area (Å²) < 4.78 is 15.4. The molecule has 114 valence electrons. The number of benzene rings is 1. The molecule has 21 heavy (non-hydrogen) atoms. The van der Waals surface area contributed by atoms with Crippen molar-refractivity contribution in [2.75, 3.05) is 13.6 Å². The van der Waals surface area contributed by atoms with Crippen LogP contribution in [0.1, 0.15) is 18.4 Å². The molecule has 0 atom stereocenters. The number of phosphoric ester groups is 1. The van der Waals surface area contributed by atoms with Gasteiger partial charge in [-0.1, -0.05) is 0 Å². The number of nitrogens with zero attached hydrogens (tertiary/aromatic N) is 1. The Morgan fingerprint density at radius 2 is 2.19 bits per heavy atom. The lowest BCUT2D eigenvalue weighted by atomic mass is 10.1. The van der Waals surface area contributed by atoms with E-state index in [1.807, 2.05) is 12.3 Å². The molecule has 0 saturated heterocycles. The minimum atomic E-state index is -4.51. The van der Waals surface area contributed by atoms with Crippen LogP contribution in [0.25, 0.3) is 10.9 Å². The van der Waals surface area contributed by atoms with E-state index in [0.717, 1.165) is 29.9 Å². The number of aromatic nitrogens is 1. The second-order valence-electron chi connectivity index (χ2n) is 5.56. The molecule has 1 aliphatic carbocycles.